The standard InChI is InChI=1S/C9H11ClN4O3/c1-5(15)11-4-7(16)13-9-12-6(10)3-8(14-9)17-2/h3H,4H2,1-2H3,(H,11,15)(H,12,13,14,16). The fraction of sp³-hybridized carbons (Fsp3) is 0.333. The number of methoxy groups -OCH3 is 1. The Morgan fingerprint density at radius 1 is 1.47 bits per heavy atom. The van der Waals surface area contributed by atoms with Gasteiger partial charge < -0.3 is 10.1 Å². The molecule has 0 aliphatic heterocycles. The molecule has 7 nitrogen and oxygen atoms in total. The summed E-state index contributed by atoms with van der Waals surface area (Å²) >= 11 is 5.69. The van der Waals surface area contributed by atoms with Gasteiger partial charge in [-0.2, -0.15) is 4.98 Å². The summed E-state index contributed by atoms with van der Waals surface area (Å²) in [5.74, 6) is -0.501. The predicted molar refractivity (Wildman–Crippen MR) is 60.9 cm³/mol. The number of ether oxygens (including phenoxy) is 1. The molecule has 1 aromatic heterocycles. The zero-order valence-corrected chi connectivity index (χ0v) is 10.0. The lowest BCUT2D eigenvalue weighted by molar-refractivity contribution is -0.122. The average Bonchev–Trinajstić information content (AvgIpc) is 2.25. The average molecular weight is 259 g/mol. The van der Waals surface area contributed by atoms with Crippen LogP contribution >= 0.6 is 11.6 Å². The molecule has 92 valence electrons. The van der Waals surface area contributed by atoms with E-state index in [1.54, 1.807) is 0 Å². The van der Waals surface area contributed by atoms with Crippen LogP contribution in [-0.2, 0) is 9.59 Å². The van der Waals surface area contributed by atoms with Crippen LogP contribution in [0.3, 0.4) is 0 Å². The van der Waals surface area contributed by atoms with Crippen LogP contribution in [0, 0.1) is 0 Å². The number of hydrogen-bond acceptors (Lipinski definition) is 5. The second kappa shape index (κ2) is 6.00. The van der Waals surface area contributed by atoms with Crippen LogP contribution in [-0.4, -0.2) is 35.4 Å². The second-order valence-corrected chi connectivity index (χ2v) is 3.40. The number of rotatable bonds is 4. The van der Waals surface area contributed by atoms with Gasteiger partial charge in [-0.1, -0.05) is 11.6 Å². The maximum Gasteiger partial charge on any atom is 0.246 e. The van der Waals surface area contributed by atoms with Gasteiger partial charge >= 0.3 is 0 Å². The lowest BCUT2D eigenvalue weighted by atomic mass is 10.5. The molecule has 0 fully saturated rings. The molecule has 0 aliphatic carbocycles. The SMILES string of the molecule is COc1cc(Cl)nc(NC(=O)CNC(C)=O)n1. The van der Waals surface area contributed by atoms with Crippen LogP contribution in [0.2, 0.25) is 5.15 Å². The Morgan fingerprint density at radius 2 is 2.18 bits per heavy atom. The molecule has 2 amide bonds. The van der Waals surface area contributed by atoms with Crippen molar-refractivity contribution in [2.24, 2.45) is 0 Å². The lowest BCUT2D eigenvalue weighted by Crippen LogP contribution is -2.31. The molecular formula is C9H11ClN4O3. The summed E-state index contributed by atoms with van der Waals surface area (Å²) in [6.45, 7) is 1.15. The quantitative estimate of drug-likeness (QED) is 0.753. The summed E-state index contributed by atoms with van der Waals surface area (Å²) in [4.78, 5) is 29.6. The van der Waals surface area contributed by atoms with Crippen molar-refractivity contribution < 1.29 is 14.3 Å². The van der Waals surface area contributed by atoms with Gasteiger partial charge in [-0.15, -0.1) is 0 Å². The number of halogens is 1. The minimum absolute atomic E-state index is 0.0182. The van der Waals surface area contributed by atoms with E-state index in [9.17, 15) is 9.59 Å². The van der Waals surface area contributed by atoms with Crippen LogP contribution in [0.25, 0.3) is 0 Å². The Hall–Kier alpha value is -1.89. The molecule has 0 saturated carbocycles. The van der Waals surface area contributed by atoms with E-state index in [1.807, 2.05) is 0 Å². The first-order valence-corrected chi connectivity index (χ1v) is 5.02. The number of aromatic nitrogens is 2. The molecule has 8 heteroatoms. The van der Waals surface area contributed by atoms with Crippen molar-refractivity contribution in [2.75, 3.05) is 19.0 Å². The Labute approximate surface area is 103 Å². The van der Waals surface area contributed by atoms with Crippen molar-refractivity contribution in [1.29, 1.82) is 0 Å². The van der Waals surface area contributed by atoms with Crippen molar-refractivity contribution in [3.05, 3.63) is 11.2 Å². The van der Waals surface area contributed by atoms with Gasteiger partial charge in [0.2, 0.25) is 23.6 Å². The number of nitrogens with zero attached hydrogens (tertiary/aromatic N) is 2. The molecule has 1 rings (SSSR count). The molecule has 0 radical (unpaired) electrons. The normalized spacial score (nSPS) is 9.59. The van der Waals surface area contributed by atoms with E-state index in [-0.39, 0.29) is 29.4 Å². The van der Waals surface area contributed by atoms with E-state index in [0.717, 1.165) is 0 Å². The summed E-state index contributed by atoms with van der Waals surface area (Å²) in [6.07, 6.45) is 0. The monoisotopic (exact) mass is 258 g/mol. The third-order valence-electron chi connectivity index (χ3n) is 1.63. The molecule has 1 heterocycles. The maximum atomic E-state index is 11.3. The Balaban J connectivity index is 2.64. The Bertz CT molecular complexity index is 438. The van der Waals surface area contributed by atoms with Crippen LogP contribution in [0.4, 0.5) is 5.95 Å². The van der Waals surface area contributed by atoms with Crippen LogP contribution in [0.1, 0.15) is 6.92 Å². The van der Waals surface area contributed by atoms with Gasteiger partial charge in [0.15, 0.2) is 0 Å². The van der Waals surface area contributed by atoms with Gasteiger partial charge in [-0.3, -0.25) is 14.9 Å². The van der Waals surface area contributed by atoms with Crippen LogP contribution in [0.15, 0.2) is 6.07 Å². The number of hydrogen-bond donors (Lipinski definition) is 2. The van der Waals surface area contributed by atoms with Crippen molar-refractivity contribution in [3.63, 3.8) is 0 Å². The minimum Gasteiger partial charge on any atom is -0.481 e. The highest BCUT2D eigenvalue weighted by atomic mass is 35.5. The van der Waals surface area contributed by atoms with E-state index in [1.165, 1.54) is 20.1 Å². The molecule has 0 aliphatic rings. The highest BCUT2D eigenvalue weighted by Gasteiger charge is 2.08. The molecule has 0 spiro atoms. The Kier molecular flexibility index (Phi) is 4.65. The molecule has 2 N–H and O–H groups in total. The summed E-state index contributed by atoms with van der Waals surface area (Å²) < 4.78 is 4.86. The molecule has 17 heavy (non-hydrogen) atoms. The van der Waals surface area contributed by atoms with Gasteiger partial charge in [0.05, 0.1) is 13.7 Å². The zero-order valence-electron chi connectivity index (χ0n) is 9.28. The molecule has 0 unspecified atom stereocenters. The fourth-order valence-electron chi connectivity index (χ4n) is 0.931. The smallest absolute Gasteiger partial charge is 0.246 e. The molecule has 0 atom stereocenters. The van der Waals surface area contributed by atoms with E-state index in [0.29, 0.717) is 0 Å². The largest absolute Gasteiger partial charge is 0.481 e. The summed E-state index contributed by atoms with van der Waals surface area (Å²) in [6, 6.07) is 1.41. The van der Waals surface area contributed by atoms with Crippen LogP contribution in [0.5, 0.6) is 5.88 Å². The van der Waals surface area contributed by atoms with Crippen molar-refractivity contribution in [3.8, 4) is 5.88 Å². The highest BCUT2D eigenvalue weighted by Crippen LogP contribution is 2.15. The van der Waals surface area contributed by atoms with Gasteiger partial charge in [0, 0.05) is 13.0 Å². The molecule has 0 aromatic carbocycles. The number of carbonyl (C=O) groups excluding carboxylic acids is 2. The third kappa shape index (κ3) is 4.64. The van der Waals surface area contributed by atoms with Crippen molar-refractivity contribution >= 4 is 29.4 Å². The first kappa shape index (κ1) is 13.2. The van der Waals surface area contributed by atoms with E-state index < -0.39 is 5.91 Å². The minimum atomic E-state index is -0.454. The van der Waals surface area contributed by atoms with Gasteiger partial charge in [0.1, 0.15) is 5.15 Å². The molecule has 0 bridgehead atoms. The summed E-state index contributed by atoms with van der Waals surface area (Å²) in [5, 5.41) is 4.86. The van der Waals surface area contributed by atoms with Gasteiger partial charge in [0.25, 0.3) is 0 Å². The fourth-order valence-corrected chi connectivity index (χ4v) is 1.10. The van der Waals surface area contributed by atoms with Gasteiger partial charge in [-0.05, 0) is 0 Å². The van der Waals surface area contributed by atoms with E-state index in [2.05, 4.69) is 20.6 Å². The first-order chi connectivity index (χ1) is 8.01. The topological polar surface area (TPSA) is 93.2 Å². The predicted octanol–water partition coefficient (Wildman–Crippen LogP) is 0.213. The summed E-state index contributed by atoms with van der Waals surface area (Å²) in [5.41, 5.74) is 0. The van der Waals surface area contributed by atoms with E-state index in [4.69, 9.17) is 16.3 Å². The van der Waals surface area contributed by atoms with Crippen LogP contribution < -0.4 is 15.4 Å². The van der Waals surface area contributed by atoms with E-state index >= 15 is 0 Å². The molecular weight excluding hydrogens is 248 g/mol. The van der Waals surface area contributed by atoms with Crippen molar-refractivity contribution in [2.45, 2.75) is 6.92 Å². The lowest BCUT2D eigenvalue weighted by Gasteiger charge is -2.06. The molecule has 1 aromatic rings. The zero-order chi connectivity index (χ0) is 12.8. The molecule has 0 saturated heterocycles. The number of nitrogens with one attached hydrogen (secondary N) is 2. The maximum absolute atomic E-state index is 11.3. The Morgan fingerprint density at radius 3 is 2.76 bits per heavy atom. The highest BCUT2D eigenvalue weighted by molar-refractivity contribution is 6.29. The second-order valence-electron chi connectivity index (χ2n) is 3.01. The van der Waals surface area contributed by atoms with Gasteiger partial charge in [-0.25, -0.2) is 4.98 Å². The summed E-state index contributed by atoms with van der Waals surface area (Å²) in [7, 11) is 1.42. The number of anilines is 1. The number of amides is 2. The number of carbonyl (C=O) groups is 2. The first-order valence-electron chi connectivity index (χ1n) is 4.64. The third-order valence-corrected chi connectivity index (χ3v) is 1.82. The van der Waals surface area contributed by atoms with Crippen molar-refractivity contribution in [1.82, 2.24) is 15.3 Å².